The number of ketones is 1. The van der Waals surface area contributed by atoms with Gasteiger partial charge in [0.15, 0.2) is 0 Å². The number of rotatable bonds is 1. The van der Waals surface area contributed by atoms with Crippen LogP contribution in [0.15, 0.2) is 0 Å². The fourth-order valence-electron chi connectivity index (χ4n) is 2.46. The predicted molar refractivity (Wildman–Crippen MR) is 55.7 cm³/mol. The fourth-order valence-corrected chi connectivity index (χ4v) is 2.46. The van der Waals surface area contributed by atoms with E-state index in [2.05, 4.69) is 6.92 Å². The normalized spacial score (nSPS) is 22.8. The Morgan fingerprint density at radius 2 is 1.54 bits per heavy atom. The van der Waals surface area contributed by atoms with Gasteiger partial charge in [0.2, 0.25) is 0 Å². The van der Waals surface area contributed by atoms with Crippen molar-refractivity contribution in [2.24, 2.45) is 10.8 Å². The average molecular weight is 182 g/mol. The Kier molecular flexibility index (Phi) is 2.84. The summed E-state index contributed by atoms with van der Waals surface area (Å²) in [6.07, 6.45) is 5.98. The summed E-state index contributed by atoms with van der Waals surface area (Å²) in [5, 5.41) is 0. The van der Waals surface area contributed by atoms with Gasteiger partial charge in [0.05, 0.1) is 0 Å². The molecule has 0 atom stereocenters. The van der Waals surface area contributed by atoms with Crippen LogP contribution in [0.2, 0.25) is 0 Å². The maximum atomic E-state index is 12.1. The van der Waals surface area contributed by atoms with Crippen molar-refractivity contribution in [3.63, 3.8) is 0 Å². The van der Waals surface area contributed by atoms with Gasteiger partial charge in [0.1, 0.15) is 5.78 Å². The van der Waals surface area contributed by atoms with E-state index in [0.717, 1.165) is 12.8 Å². The molecular formula is C12H22O. The Morgan fingerprint density at radius 3 is 1.92 bits per heavy atom. The average Bonchev–Trinajstić information content (AvgIpc) is 2.03. The molecule has 1 rings (SSSR count). The fraction of sp³-hybridized carbons (Fsp3) is 0.917. The zero-order chi connectivity index (χ0) is 10.1. The Labute approximate surface area is 81.9 Å². The van der Waals surface area contributed by atoms with Crippen LogP contribution in [0.1, 0.15) is 59.8 Å². The highest BCUT2D eigenvalue weighted by Crippen LogP contribution is 2.41. The molecule has 0 aromatic carbocycles. The molecule has 1 aliphatic rings. The number of carbonyl (C=O) groups excluding carboxylic acids is 1. The van der Waals surface area contributed by atoms with Gasteiger partial charge < -0.3 is 0 Å². The van der Waals surface area contributed by atoms with Crippen LogP contribution < -0.4 is 0 Å². The third-order valence-corrected chi connectivity index (χ3v) is 3.19. The first-order chi connectivity index (χ1) is 5.86. The summed E-state index contributed by atoms with van der Waals surface area (Å²) in [7, 11) is 0. The summed E-state index contributed by atoms with van der Waals surface area (Å²) in [4.78, 5) is 12.1. The third-order valence-electron chi connectivity index (χ3n) is 3.19. The molecule has 0 saturated heterocycles. The van der Waals surface area contributed by atoms with Crippen LogP contribution >= 0.6 is 0 Å². The van der Waals surface area contributed by atoms with Crippen molar-refractivity contribution in [1.29, 1.82) is 0 Å². The van der Waals surface area contributed by atoms with Gasteiger partial charge >= 0.3 is 0 Å². The molecule has 0 radical (unpaired) electrons. The molecule has 1 fully saturated rings. The molecule has 0 aromatic heterocycles. The van der Waals surface area contributed by atoms with Crippen molar-refractivity contribution in [2.45, 2.75) is 59.8 Å². The zero-order valence-corrected chi connectivity index (χ0v) is 9.44. The molecule has 0 bridgehead atoms. The van der Waals surface area contributed by atoms with Gasteiger partial charge in [-0.3, -0.25) is 4.79 Å². The largest absolute Gasteiger partial charge is 0.299 e. The third kappa shape index (κ3) is 2.32. The maximum absolute atomic E-state index is 12.1. The van der Waals surface area contributed by atoms with E-state index < -0.39 is 0 Å². The lowest BCUT2D eigenvalue weighted by atomic mass is 9.66. The Morgan fingerprint density at radius 1 is 1.08 bits per heavy atom. The summed E-state index contributed by atoms with van der Waals surface area (Å²) in [6, 6.07) is 0. The minimum atomic E-state index is -0.161. The molecule has 76 valence electrons. The van der Waals surface area contributed by atoms with Crippen molar-refractivity contribution in [2.75, 3.05) is 0 Å². The highest BCUT2D eigenvalue weighted by Gasteiger charge is 2.40. The van der Waals surface area contributed by atoms with Crippen LogP contribution in [0.4, 0.5) is 0 Å². The Bertz CT molecular complexity index is 192. The Balaban J connectivity index is 2.73. The van der Waals surface area contributed by atoms with Crippen molar-refractivity contribution in [3.05, 3.63) is 0 Å². The Hall–Kier alpha value is -0.330. The number of carbonyl (C=O) groups is 1. The minimum absolute atomic E-state index is 0.0174. The molecule has 0 aliphatic heterocycles. The molecule has 0 heterocycles. The van der Waals surface area contributed by atoms with Crippen LogP contribution in [-0.4, -0.2) is 5.78 Å². The maximum Gasteiger partial charge on any atom is 0.144 e. The SMILES string of the molecule is CC(C)(C)C(=O)C1(C)CCCCC1. The summed E-state index contributed by atoms with van der Waals surface area (Å²) >= 11 is 0. The van der Waals surface area contributed by atoms with E-state index in [-0.39, 0.29) is 10.8 Å². The first-order valence-corrected chi connectivity index (χ1v) is 5.41. The number of hydrogen-bond acceptors (Lipinski definition) is 1. The van der Waals surface area contributed by atoms with Gasteiger partial charge in [-0.15, -0.1) is 0 Å². The molecule has 13 heavy (non-hydrogen) atoms. The molecule has 0 unspecified atom stereocenters. The standard InChI is InChI=1S/C12H22O/c1-11(2,3)10(13)12(4)8-6-5-7-9-12/h5-9H2,1-4H3. The lowest BCUT2D eigenvalue weighted by Gasteiger charge is -2.37. The molecule has 0 N–H and O–H groups in total. The van der Waals surface area contributed by atoms with E-state index in [4.69, 9.17) is 0 Å². The molecule has 0 aromatic rings. The van der Waals surface area contributed by atoms with Crippen LogP contribution in [0, 0.1) is 10.8 Å². The van der Waals surface area contributed by atoms with Crippen LogP contribution in [0.25, 0.3) is 0 Å². The summed E-state index contributed by atoms with van der Waals surface area (Å²) in [6.45, 7) is 8.26. The van der Waals surface area contributed by atoms with Crippen LogP contribution in [-0.2, 0) is 4.79 Å². The van der Waals surface area contributed by atoms with E-state index in [1.807, 2.05) is 20.8 Å². The zero-order valence-electron chi connectivity index (χ0n) is 9.44. The first kappa shape index (κ1) is 10.7. The first-order valence-electron chi connectivity index (χ1n) is 5.41. The molecular weight excluding hydrogens is 160 g/mol. The highest BCUT2D eigenvalue weighted by molar-refractivity contribution is 5.89. The van der Waals surface area contributed by atoms with Gasteiger partial charge in [-0.25, -0.2) is 0 Å². The minimum Gasteiger partial charge on any atom is -0.299 e. The summed E-state index contributed by atoms with van der Waals surface area (Å²) in [5.74, 6) is 0.458. The van der Waals surface area contributed by atoms with E-state index in [9.17, 15) is 4.79 Å². The predicted octanol–water partition coefficient (Wildman–Crippen LogP) is 3.57. The lowest BCUT2D eigenvalue weighted by Crippen LogP contribution is -2.38. The molecule has 0 amide bonds. The quantitative estimate of drug-likeness (QED) is 0.606. The molecule has 1 saturated carbocycles. The van der Waals surface area contributed by atoms with Gasteiger partial charge in [-0.05, 0) is 12.8 Å². The number of hydrogen-bond donors (Lipinski definition) is 0. The van der Waals surface area contributed by atoms with Gasteiger partial charge in [-0.2, -0.15) is 0 Å². The topological polar surface area (TPSA) is 17.1 Å². The molecule has 0 spiro atoms. The van der Waals surface area contributed by atoms with Crippen LogP contribution in [0.5, 0.6) is 0 Å². The van der Waals surface area contributed by atoms with E-state index in [0.29, 0.717) is 5.78 Å². The summed E-state index contributed by atoms with van der Waals surface area (Å²) in [5.41, 5.74) is -0.178. The van der Waals surface area contributed by atoms with Crippen LogP contribution in [0.3, 0.4) is 0 Å². The second-order valence-electron chi connectivity index (χ2n) is 5.70. The van der Waals surface area contributed by atoms with E-state index in [1.165, 1.54) is 19.3 Å². The molecule has 1 aliphatic carbocycles. The second kappa shape index (κ2) is 3.43. The van der Waals surface area contributed by atoms with Crippen molar-refractivity contribution in [3.8, 4) is 0 Å². The molecule has 1 nitrogen and oxygen atoms in total. The number of Topliss-reactive ketones (excluding diaryl/α,β-unsaturated/α-hetero) is 1. The van der Waals surface area contributed by atoms with E-state index >= 15 is 0 Å². The van der Waals surface area contributed by atoms with Gasteiger partial charge in [-0.1, -0.05) is 47.0 Å². The lowest BCUT2D eigenvalue weighted by molar-refractivity contribution is -0.137. The second-order valence-corrected chi connectivity index (χ2v) is 5.70. The van der Waals surface area contributed by atoms with E-state index in [1.54, 1.807) is 0 Å². The van der Waals surface area contributed by atoms with Gasteiger partial charge in [0, 0.05) is 10.8 Å². The highest BCUT2D eigenvalue weighted by atomic mass is 16.1. The molecule has 1 heteroatoms. The van der Waals surface area contributed by atoms with Crippen molar-refractivity contribution < 1.29 is 4.79 Å². The smallest absolute Gasteiger partial charge is 0.144 e. The van der Waals surface area contributed by atoms with Crippen molar-refractivity contribution >= 4 is 5.78 Å². The van der Waals surface area contributed by atoms with Crippen molar-refractivity contribution in [1.82, 2.24) is 0 Å². The monoisotopic (exact) mass is 182 g/mol. The van der Waals surface area contributed by atoms with Gasteiger partial charge in [0.25, 0.3) is 0 Å². The summed E-state index contributed by atoms with van der Waals surface area (Å²) < 4.78 is 0.